The highest BCUT2D eigenvalue weighted by atomic mass is 32.2. The van der Waals surface area contributed by atoms with Crippen LogP contribution in [0.15, 0.2) is 29.2 Å². The van der Waals surface area contributed by atoms with E-state index in [2.05, 4.69) is 5.32 Å². The molecule has 0 heterocycles. The predicted molar refractivity (Wildman–Crippen MR) is 78.0 cm³/mol. The lowest BCUT2D eigenvalue weighted by atomic mass is 9.92. The fourth-order valence-electron chi connectivity index (χ4n) is 1.93. The van der Waals surface area contributed by atoms with E-state index in [-0.39, 0.29) is 23.3 Å². The number of aliphatic carboxylic acids is 1. The number of carboxylic acid groups (broad SMARTS) is 1. The molecule has 0 aliphatic carbocycles. The van der Waals surface area contributed by atoms with Gasteiger partial charge in [0, 0.05) is 11.8 Å². The third kappa shape index (κ3) is 3.81. The molecule has 6 nitrogen and oxygen atoms in total. The molecule has 0 saturated carbocycles. The zero-order valence-corrected chi connectivity index (χ0v) is 13.0. The molecule has 0 aromatic heterocycles. The number of sulfone groups is 1. The van der Waals surface area contributed by atoms with Gasteiger partial charge in [0.25, 0.3) is 5.91 Å². The van der Waals surface area contributed by atoms with Gasteiger partial charge in [-0.05, 0) is 37.1 Å². The molecule has 0 atom stereocenters. The third-order valence-corrected chi connectivity index (χ3v) is 4.64. The molecular weight excluding hydrogens is 294 g/mol. The summed E-state index contributed by atoms with van der Waals surface area (Å²) in [4.78, 5) is 23.6. The Morgan fingerprint density at radius 2 is 1.62 bits per heavy atom. The molecule has 0 unspecified atom stereocenters. The predicted octanol–water partition coefficient (Wildman–Crippen LogP) is 1.46. The first kappa shape index (κ1) is 17.2. The van der Waals surface area contributed by atoms with Crippen LogP contribution in [-0.4, -0.2) is 37.2 Å². The van der Waals surface area contributed by atoms with Gasteiger partial charge in [0.05, 0.1) is 4.90 Å². The van der Waals surface area contributed by atoms with E-state index >= 15 is 0 Å². The van der Waals surface area contributed by atoms with Gasteiger partial charge in [-0.15, -0.1) is 0 Å². The third-order valence-electron chi connectivity index (χ3n) is 3.51. The average molecular weight is 313 g/mol. The molecule has 0 spiro atoms. The van der Waals surface area contributed by atoms with Crippen molar-refractivity contribution in [3.8, 4) is 0 Å². The molecule has 1 aromatic rings. The number of carbonyl (C=O) groups excluding carboxylic acids is 1. The Morgan fingerprint density at radius 1 is 1.14 bits per heavy atom. The molecule has 0 aliphatic rings. The fraction of sp³-hybridized carbons (Fsp3) is 0.429. The minimum Gasteiger partial charge on any atom is -0.480 e. The van der Waals surface area contributed by atoms with Crippen molar-refractivity contribution >= 4 is 21.7 Å². The lowest BCUT2D eigenvalue weighted by molar-refractivity contribution is -0.144. The van der Waals surface area contributed by atoms with Crippen LogP contribution in [0.25, 0.3) is 0 Å². The van der Waals surface area contributed by atoms with Crippen LogP contribution in [0.5, 0.6) is 0 Å². The molecule has 116 valence electrons. The van der Waals surface area contributed by atoms with E-state index < -0.39 is 27.3 Å². The lowest BCUT2D eigenvalue weighted by Crippen LogP contribution is -2.53. The first-order chi connectivity index (χ1) is 9.66. The molecule has 21 heavy (non-hydrogen) atoms. The quantitative estimate of drug-likeness (QED) is 0.828. The minimum atomic E-state index is -3.33. The first-order valence-electron chi connectivity index (χ1n) is 6.52. The van der Waals surface area contributed by atoms with Gasteiger partial charge >= 0.3 is 5.97 Å². The number of hydrogen-bond donors (Lipinski definition) is 2. The van der Waals surface area contributed by atoms with Gasteiger partial charge in [-0.1, -0.05) is 13.8 Å². The van der Waals surface area contributed by atoms with Gasteiger partial charge in [0.15, 0.2) is 9.84 Å². The number of rotatable bonds is 6. The fourth-order valence-corrected chi connectivity index (χ4v) is 2.56. The molecule has 0 bridgehead atoms. The standard InChI is InChI=1S/C14H19NO5S/c1-4-14(5-2,13(17)18)15-12(16)10-6-8-11(9-7-10)21(3,19)20/h6-9H,4-5H2,1-3H3,(H,15,16)(H,17,18). The number of hydrogen-bond acceptors (Lipinski definition) is 4. The maximum atomic E-state index is 12.1. The van der Waals surface area contributed by atoms with Crippen LogP contribution in [0.3, 0.4) is 0 Å². The number of amides is 1. The van der Waals surface area contributed by atoms with Crippen molar-refractivity contribution < 1.29 is 23.1 Å². The zero-order chi connectivity index (χ0) is 16.3. The van der Waals surface area contributed by atoms with Gasteiger partial charge in [-0.3, -0.25) is 4.79 Å². The van der Waals surface area contributed by atoms with Crippen LogP contribution >= 0.6 is 0 Å². The Morgan fingerprint density at radius 3 is 1.95 bits per heavy atom. The van der Waals surface area contributed by atoms with Crippen LogP contribution in [0.4, 0.5) is 0 Å². The summed E-state index contributed by atoms with van der Waals surface area (Å²) >= 11 is 0. The SMILES string of the molecule is CCC(CC)(NC(=O)c1ccc(S(C)(=O)=O)cc1)C(=O)O. The van der Waals surface area contributed by atoms with Crippen LogP contribution < -0.4 is 5.32 Å². The van der Waals surface area contributed by atoms with Gasteiger partial charge in [-0.25, -0.2) is 13.2 Å². The van der Waals surface area contributed by atoms with E-state index in [1.54, 1.807) is 13.8 Å². The largest absolute Gasteiger partial charge is 0.480 e. The van der Waals surface area contributed by atoms with Crippen LogP contribution in [0.1, 0.15) is 37.0 Å². The Kier molecular flexibility index (Phi) is 5.11. The van der Waals surface area contributed by atoms with Crippen molar-refractivity contribution in [2.24, 2.45) is 0 Å². The molecule has 1 aromatic carbocycles. The molecule has 2 N–H and O–H groups in total. The van der Waals surface area contributed by atoms with Crippen molar-refractivity contribution in [1.29, 1.82) is 0 Å². The number of carbonyl (C=O) groups is 2. The second-order valence-corrected chi connectivity index (χ2v) is 6.86. The second kappa shape index (κ2) is 6.26. The summed E-state index contributed by atoms with van der Waals surface area (Å²) in [5.41, 5.74) is -1.10. The summed E-state index contributed by atoms with van der Waals surface area (Å²) < 4.78 is 22.7. The lowest BCUT2D eigenvalue weighted by Gasteiger charge is -2.28. The molecule has 1 rings (SSSR count). The number of carboxylic acids is 1. The highest BCUT2D eigenvalue weighted by Gasteiger charge is 2.36. The highest BCUT2D eigenvalue weighted by molar-refractivity contribution is 7.90. The monoisotopic (exact) mass is 313 g/mol. The van der Waals surface area contributed by atoms with Gasteiger partial charge in [-0.2, -0.15) is 0 Å². The van der Waals surface area contributed by atoms with Crippen molar-refractivity contribution in [1.82, 2.24) is 5.32 Å². The molecule has 0 radical (unpaired) electrons. The van der Waals surface area contributed by atoms with Gasteiger partial charge in [0.1, 0.15) is 5.54 Å². The van der Waals surface area contributed by atoms with E-state index in [4.69, 9.17) is 0 Å². The Balaban J connectivity index is 3.02. The molecule has 0 saturated heterocycles. The van der Waals surface area contributed by atoms with E-state index in [0.717, 1.165) is 6.26 Å². The highest BCUT2D eigenvalue weighted by Crippen LogP contribution is 2.17. The maximum absolute atomic E-state index is 12.1. The molecule has 7 heteroatoms. The topological polar surface area (TPSA) is 101 Å². The molecule has 0 aliphatic heterocycles. The molecule has 0 fully saturated rings. The van der Waals surface area contributed by atoms with Crippen LogP contribution in [0.2, 0.25) is 0 Å². The summed E-state index contributed by atoms with van der Waals surface area (Å²) in [6.45, 7) is 3.37. The maximum Gasteiger partial charge on any atom is 0.329 e. The summed E-state index contributed by atoms with van der Waals surface area (Å²) in [7, 11) is -3.33. The van der Waals surface area contributed by atoms with Crippen LogP contribution in [-0.2, 0) is 14.6 Å². The van der Waals surface area contributed by atoms with Crippen molar-refractivity contribution in [2.75, 3.05) is 6.26 Å². The summed E-state index contributed by atoms with van der Waals surface area (Å²) in [5, 5.41) is 11.8. The van der Waals surface area contributed by atoms with Crippen molar-refractivity contribution in [3.63, 3.8) is 0 Å². The first-order valence-corrected chi connectivity index (χ1v) is 8.41. The summed E-state index contributed by atoms with van der Waals surface area (Å²) in [5.74, 6) is -1.63. The van der Waals surface area contributed by atoms with E-state index in [0.29, 0.717) is 0 Å². The molecule has 1 amide bonds. The van der Waals surface area contributed by atoms with E-state index in [1.807, 2.05) is 0 Å². The Labute approximate surface area is 124 Å². The normalized spacial score (nSPS) is 12.0. The molecular formula is C14H19NO5S. The van der Waals surface area contributed by atoms with Crippen molar-refractivity contribution in [3.05, 3.63) is 29.8 Å². The summed E-state index contributed by atoms with van der Waals surface area (Å²) in [6, 6.07) is 5.38. The number of nitrogens with one attached hydrogen (secondary N) is 1. The number of benzene rings is 1. The Hall–Kier alpha value is -1.89. The van der Waals surface area contributed by atoms with Crippen molar-refractivity contribution in [2.45, 2.75) is 37.1 Å². The average Bonchev–Trinajstić information content (AvgIpc) is 2.43. The zero-order valence-electron chi connectivity index (χ0n) is 12.2. The van der Waals surface area contributed by atoms with E-state index in [9.17, 15) is 23.1 Å². The van der Waals surface area contributed by atoms with Gasteiger partial charge in [0.2, 0.25) is 0 Å². The van der Waals surface area contributed by atoms with Crippen LogP contribution in [0, 0.1) is 0 Å². The smallest absolute Gasteiger partial charge is 0.329 e. The Bertz CT molecular complexity index is 630. The second-order valence-electron chi connectivity index (χ2n) is 4.85. The minimum absolute atomic E-state index is 0.106. The van der Waals surface area contributed by atoms with E-state index in [1.165, 1.54) is 24.3 Å². The van der Waals surface area contributed by atoms with Gasteiger partial charge < -0.3 is 10.4 Å². The summed E-state index contributed by atoms with van der Waals surface area (Å²) in [6.07, 6.45) is 1.59.